The van der Waals surface area contributed by atoms with Gasteiger partial charge < -0.3 is 10.2 Å². The number of pyridine rings is 1. The Morgan fingerprint density at radius 3 is 2.88 bits per heavy atom. The highest BCUT2D eigenvalue weighted by Crippen LogP contribution is 2.25. The van der Waals surface area contributed by atoms with Crippen LogP contribution in [0.15, 0.2) is 24.3 Å². The Labute approximate surface area is 105 Å². The number of methoxy groups -OCH3 is 1. The standard InChI is InChI=1S/C12H15N3OS/c1-16-10-4-3-8-5-9(7-17-2)12(15-13)14-11(8)6-10/h3-6H,7,13H2,1-2H3,(H,14,15). The molecule has 0 aliphatic carbocycles. The monoisotopic (exact) mass is 249 g/mol. The van der Waals surface area contributed by atoms with Gasteiger partial charge in [-0.25, -0.2) is 10.8 Å². The van der Waals surface area contributed by atoms with Crippen LogP contribution in [0.4, 0.5) is 5.82 Å². The van der Waals surface area contributed by atoms with Gasteiger partial charge in [-0.3, -0.25) is 0 Å². The van der Waals surface area contributed by atoms with Crippen molar-refractivity contribution in [1.82, 2.24) is 4.98 Å². The fraction of sp³-hybridized carbons (Fsp3) is 0.250. The molecular formula is C12H15N3OS. The number of nitrogens with one attached hydrogen (secondary N) is 1. The number of hydrogen-bond acceptors (Lipinski definition) is 5. The molecule has 4 nitrogen and oxygen atoms in total. The average Bonchev–Trinajstić information content (AvgIpc) is 2.37. The van der Waals surface area contributed by atoms with Crippen molar-refractivity contribution in [2.75, 3.05) is 18.8 Å². The number of benzene rings is 1. The first-order valence-corrected chi connectivity index (χ1v) is 6.61. The molecule has 5 heteroatoms. The zero-order valence-corrected chi connectivity index (χ0v) is 10.7. The van der Waals surface area contributed by atoms with Gasteiger partial charge in [-0.05, 0) is 24.5 Å². The van der Waals surface area contributed by atoms with Gasteiger partial charge >= 0.3 is 0 Å². The van der Waals surface area contributed by atoms with Crippen LogP contribution in [0.5, 0.6) is 5.75 Å². The Balaban J connectivity index is 2.56. The second kappa shape index (κ2) is 5.25. The SMILES string of the molecule is COc1ccc2cc(CSC)c(NN)nc2c1. The maximum Gasteiger partial charge on any atom is 0.144 e. The Morgan fingerprint density at radius 2 is 2.24 bits per heavy atom. The van der Waals surface area contributed by atoms with Crippen LogP contribution in [0.25, 0.3) is 10.9 Å². The van der Waals surface area contributed by atoms with E-state index >= 15 is 0 Å². The van der Waals surface area contributed by atoms with E-state index in [9.17, 15) is 0 Å². The van der Waals surface area contributed by atoms with E-state index in [4.69, 9.17) is 10.6 Å². The molecule has 0 radical (unpaired) electrons. The van der Waals surface area contributed by atoms with Gasteiger partial charge in [0.05, 0.1) is 12.6 Å². The van der Waals surface area contributed by atoms with E-state index in [1.165, 1.54) is 0 Å². The summed E-state index contributed by atoms with van der Waals surface area (Å²) in [6.07, 6.45) is 2.05. The lowest BCUT2D eigenvalue weighted by Crippen LogP contribution is -2.11. The molecule has 17 heavy (non-hydrogen) atoms. The first-order chi connectivity index (χ1) is 8.28. The predicted octanol–water partition coefficient (Wildman–Crippen LogP) is 2.39. The minimum absolute atomic E-state index is 0.722. The maximum absolute atomic E-state index is 5.49. The zero-order valence-electron chi connectivity index (χ0n) is 9.86. The normalized spacial score (nSPS) is 10.5. The average molecular weight is 249 g/mol. The van der Waals surface area contributed by atoms with Crippen molar-refractivity contribution in [3.8, 4) is 5.75 Å². The van der Waals surface area contributed by atoms with Gasteiger partial charge in [0.15, 0.2) is 0 Å². The highest BCUT2D eigenvalue weighted by atomic mass is 32.2. The van der Waals surface area contributed by atoms with Gasteiger partial charge in [0.2, 0.25) is 0 Å². The molecule has 0 atom stereocenters. The quantitative estimate of drug-likeness (QED) is 0.643. The van der Waals surface area contributed by atoms with Gasteiger partial charge in [-0.2, -0.15) is 11.8 Å². The lowest BCUT2D eigenvalue weighted by atomic mass is 10.1. The van der Waals surface area contributed by atoms with Gasteiger partial charge in [0.1, 0.15) is 11.6 Å². The third-order valence-electron chi connectivity index (χ3n) is 2.54. The summed E-state index contributed by atoms with van der Waals surface area (Å²) in [4.78, 5) is 4.49. The van der Waals surface area contributed by atoms with E-state index < -0.39 is 0 Å². The summed E-state index contributed by atoms with van der Waals surface area (Å²) in [6, 6.07) is 7.94. The van der Waals surface area contributed by atoms with E-state index in [1.54, 1.807) is 18.9 Å². The molecule has 0 amide bonds. The smallest absolute Gasteiger partial charge is 0.144 e. The second-order valence-corrected chi connectivity index (χ2v) is 4.50. The lowest BCUT2D eigenvalue weighted by molar-refractivity contribution is 0.415. The molecule has 0 spiro atoms. The number of aromatic nitrogens is 1. The van der Waals surface area contributed by atoms with Crippen molar-refractivity contribution in [3.05, 3.63) is 29.8 Å². The minimum Gasteiger partial charge on any atom is -0.497 e. The van der Waals surface area contributed by atoms with Gasteiger partial charge in [0, 0.05) is 22.8 Å². The van der Waals surface area contributed by atoms with Crippen molar-refractivity contribution in [3.63, 3.8) is 0 Å². The van der Waals surface area contributed by atoms with Crippen molar-refractivity contribution in [2.45, 2.75) is 5.75 Å². The maximum atomic E-state index is 5.49. The molecule has 0 bridgehead atoms. The Hall–Kier alpha value is -1.46. The third-order valence-corrected chi connectivity index (χ3v) is 3.14. The van der Waals surface area contributed by atoms with Crippen molar-refractivity contribution < 1.29 is 4.74 Å². The Kier molecular flexibility index (Phi) is 3.71. The number of rotatable bonds is 4. The third kappa shape index (κ3) is 2.45. The number of hydrogen-bond donors (Lipinski definition) is 2. The molecule has 0 aliphatic rings. The fourth-order valence-corrected chi connectivity index (χ4v) is 2.24. The van der Waals surface area contributed by atoms with E-state index in [2.05, 4.69) is 22.7 Å². The predicted molar refractivity (Wildman–Crippen MR) is 73.3 cm³/mol. The van der Waals surface area contributed by atoms with Crippen LogP contribution in [0.2, 0.25) is 0 Å². The highest BCUT2D eigenvalue weighted by Gasteiger charge is 2.06. The van der Waals surface area contributed by atoms with Crippen LogP contribution in [-0.2, 0) is 5.75 Å². The van der Waals surface area contributed by atoms with Crippen LogP contribution < -0.4 is 16.0 Å². The largest absolute Gasteiger partial charge is 0.497 e. The van der Waals surface area contributed by atoms with Crippen LogP contribution in [0.3, 0.4) is 0 Å². The molecule has 1 aromatic carbocycles. The molecule has 0 fully saturated rings. The molecule has 0 saturated heterocycles. The molecule has 3 N–H and O–H groups in total. The first kappa shape index (κ1) is 12.0. The molecule has 0 saturated carbocycles. The Bertz CT molecular complexity index is 530. The molecule has 1 heterocycles. The summed E-state index contributed by atoms with van der Waals surface area (Å²) in [5.74, 6) is 7.89. The number of anilines is 1. The van der Waals surface area contributed by atoms with Crippen molar-refractivity contribution in [2.24, 2.45) is 5.84 Å². The molecule has 2 rings (SSSR count). The van der Waals surface area contributed by atoms with E-state index in [0.29, 0.717) is 0 Å². The Morgan fingerprint density at radius 1 is 1.41 bits per heavy atom. The topological polar surface area (TPSA) is 60.2 Å². The zero-order chi connectivity index (χ0) is 12.3. The summed E-state index contributed by atoms with van der Waals surface area (Å²) >= 11 is 1.74. The molecule has 2 aromatic rings. The number of thioether (sulfide) groups is 1. The van der Waals surface area contributed by atoms with Crippen molar-refractivity contribution in [1.29, 1.82) is 0 Å². The number of nitrogens with two attached hydrogens (primary N) is 1. The van der Waals surface area contributed by atoms with E-state index in [0.717, 1.165) is 33.8 Å². The number of fused-ring (bicyclic) bond motifs is 1. The summed E-state index contributed by atoms with van der Waals surface area (Å²) < 4.78 is 5.18. The fourth-order valence-electron chi connectivity index (χ4n) is 1.71. The van der Waals surface area contributed by atoms with Crippen LogP contribution in [0, 0.1) is 0 Å². The van der Waals surface area contributed by atoms with Gasteiger partial charge in [0.25, 0.3) is 0 Å². The molecular weight excluding hydrogens is 234 g/mol. The number of nitrogen functional groups attached to an aromatic ring is 1. The molecule has 90 valence electrons. The summed E-state index contributed by atoms with van der Waals surface area (Å²) in [6.45, 7) is 0. The lowest BCUT2D eigenvalue weighted by Gasteiger charge is -2.09. The molecule has 0 unspecified atom stereocenters. The van der Waals surface area contributed by atoms with Crippen molar-refractivity contribution >= 4 is 28.5 Å². The number of hydrazine groups is 1. The number of nitrogens with zero attached hydrogens (tertiary/aromatic N) is 1. The van der Waals surface area contributed by atoms with Crippen LogP contribution >= 0.6 is 11.8 Å². The molecule has 1 aromatic heterocycles. The second-order valence-electron chi connectivity index (χ2n) is 3.63. The summed E-state index contributed by atoms with van der Waals surface area (Å²) in [5.41, 5.74) is 4.63. The van der Waals surface area contributed by atoms with E-state index in [-0.39, 0.29) is 0 Å². The van der Waals surface area contributed by atoms with Crippen LogP contribution in [0.1, 0.15) is 5.56 Å². The summed E-state index contributed by atoms with van der Waals surface area (Å²) in [7, 11) is 1.64. The minimum atomic E-state index is 0.722. The van der Waals surface area contributed by atoms with Gasteiger partial charge in [-0.1, -0.05) is 0 Å². The molecule has 0 aliphatic heterocycles. The highest BCUT2D eigenvalue weighted by molar-refractivity contribution is 7.97. The van der Waals surface area contributed by atoms with Gasteiger partial charge in [-0.15, -0.1) is 0 Å². The summed E-state index contributed by atoms with van der Waals surface area (Å²) in [5, 5.41) is 1.09. The van der Waals surface area contributed by atoms with E-state index in [1.807, 2.05) is 18.2 Å². The number of ether oxygens (including phenoxy) is 1. The van der Waals surface area contributed by atoms with Crippen LogP contribution in [-0.4, -0.2) is 18.3 Å². The first-order valence-electron chi connectivity index (χ1n) is 5.21.